The highest BCUT2D eigenvalue weighted by Gasteiger charge is 2.09. The van der Waals surface area contributed by atoms with E-state index in [9.17, 15) is 9.59 Å². The average molecular weight is 298 g/mol. The number of hydrogen-bond donors (Lipinski definition) is 0. The number of likely N-dealkylation sites (N-methyl/N-ethyl adjacent to an activating group) is 1. The van der Waals surface area contributed by atoms with Crippen molar-refractivity contribution in [2.45, 2.75) is 40.5 Å². The number of rotatable bonds is 9. The Labute approximate surface area is 129 Å². The minimum absolute atomic E-state index is 0.145. The van der Waals surface area contributed by atoms with Gasteiger partial charge < -0.3 is 4.74 Å². The molecule has 21 heavy (non-hydrogen) atoms. The second-order valence-corrected chi connectivity index (χ2v) is 4.38. The lowest BCUT2D eigenvalue weighted by Crippen LogP contribution is -2.30. The Bertz CT molecular complexity index is 349. The molecule has 0 bridgehead atoms. The third kappa shape index (κ3) is 14.7. The maximum absolute atomic E-state index is 11.4. The maximum Gasteiger partial charge on any atom is 0.320 e. The fourth-order valence-electron chi connectivity index (χ4n) is 1.36. The van der Waals surface area contributed by atoms with Gasteiger partial charge in [-0.05, 0) is 26.5 Å². The quantitative estimate of drug-likeness (QED) is 0.485. The van der Waals surface area contributed by atoms with Crippen molar-refractivity contribution < 1.29 is 14.3 Å². The Balaban J connectivity index is 0. The zero-order chi connectivity index (χ0) is 16.7. The molecule has 0 atom stereocenters. The van der Waals surface area contributed by atoms with Gasteiger partial charge in [-0.3, -0.25) is 19.5 Å². The Hall–Kier alpha value is -1.49. The first kappa shape index (κ1) is 21.8. The number of esters is 1. The van der Waals surface area contributed by atoms with E-state index in [1.54, 1.807) is 7.05 Å². The van der Waals surface area contributed by atoms with Crippen LogP contribution in [-0.4, -0.2) is 56.2 Å². The molecule has 0 fully saturated rings. The number of ether oxygens (including phenoxy) is 1. The van der Waals surface area contributed by atoms with Gasteiger partial charge in [0.2, 0.25) is 0 Å². The summed E-state index contributed by atoms with van der Waals surface area (Å²) in [5.41, 5.74) is 1.01. The number of hydrogen-bond acceptors (Lipinski definition) is 5. The summed E-state index contributed by atoms with van der Waals surface area (Å²) in [5.74, 6) is -0.530. The maximum atomic E-state index is 11.4. The first-order valence-corrected chi connectivity index (χ1v) is 7.45. The SMILES string of the molecule is CC.CC/C=C\C(CCN(C)CC(=O)OCC(C)=O)=NC. The van der Waals surface area contributed by atoms with Crippen LogP contribution in [0.2, 0.25) is 0 Å². The highest BCUT2D eigenvalue weighted by atomic mass is 16.5. The number of carbonyl (C=O) groups excluding carboxylic acids is 2. The summed E-state index contributed by atoms with van der Waals surface area (Å²) in [6.45, 7) is 8.22. The van der Waals surface area contributed by atoms with Crippen LogP contribution in [-0.2, 0) is 14.3 Å². The van der Waals surface area contributed by atoms with E-state index in [1.165, 1.54) is 6.92 Å². The van der Waals surface area contributed by atoms with Crippen LogP contribution in [0.3, 0.4) is 0 Å². The predicted octanol–water partition coefficient (Wildman–Crippen LogP) is 2.50. The van der Waals surface area contributed by atoms with E-state index >= 15 is 0 Å². The monoisotopic (exact) mass is 298 g/mol. The van der Waals surface area contributed by atoms with Gasteiger partial charge >= 0.3 is 5.97 Å². The van der Waals surface area contributed by atoms with Gasteiger partial charge in [-0.15, -0.1) is 0 Å². The van der Waals surface area contributed by atoms with Crippen molar-refractivity contribution in [2.75, 3.05) is 33.8 Å². The van der Waals surface area contributed by atoms with E-state index in [2.05, 4.69) is 18.0 Å². The predicted molar refractivity (Wildman–Crippen MR) is 87.9 cm³/mol. The first-order chi connectivity index (χ1) is 9.99. The molecular formula is C16H30N2O3. The average Bonchev–Trinajstić information content (AvgIpc) is 2.47. The van der Waals surface area contributed by atoms with Crippen molar-refractivity contribution in [1.82, 2.24) is 4.90 Å². The smallest absolute Gasteiger partial charge is 0.320 e. The van der Waals surface area contributed by atoms with Crippen molar-refractivity contribution >= 4 is 17.5 Å². The Kier molecular flexibility index (Phi) is 15.5. The van der Waals surface area contributed by atoms with Gasteiger partial charge in [-0.2, -0.15) is 0 Å². The van der Waals surface area contributed by atoms with Gasteiger partial charge in [0, 0.05) is 25.7 Å². The van der Waals surface area contributed by atoms with Gasteiger partial charge in [-0.25, -0.2) is 0 Å². The zero-order valence-electron chi connectivity index (χ0n) is 14.3. The van der Waals surface area contributed by atoms with Crippen molar-refractivity contribution in [3.8, 4) is 0 Å². The highest BCUT2D eigenvalue weighted by molar-refractivity contribution is 5.94. The molecule has 122 valence electrons. The molecule has 0 unspecified atom stereocenters. The summed E-state index contributed by atoms with van der Waals surface area (Å²) in [5, 5.41) is 0. The van der Waals surface area contributed by atoms with Gasteiger partial charge in [0.1, 0.15) is 6.61 Å². The second kappa shape index (κ2) is 14.9. The summed E-state index contributed by atoms with van der Waals surface area (Å²) >= 11 is 0. The first-order valence-electron chi connectivity index (χ1n) is 7.45. The van der Waals surface area contributed by atoms with Gasteiger partial charge in [0.05, 0.1) is 6.54 Å². The highest BCUT2D eigenvalue weighted by Crippen LogP contribution is 1.95. The number of ketones is 1. The van der Waals surface area contributed by atoms with Crippen LogP contribution in [0.5, 0.6) is 0 Å². The second-order valence-electron chi connectivity index (χ2n) is 4.38. The summed E-state index contributed by atoms with van der Waals surface area (Å²) in [4.78, 5) is 28.1. The molecule has 5 heteroatoms. The molecule has 0 radical (unpaired) electrons. The van der Waals surface area contributed by atoms with E-state index < -0.39 is 0 Å². The van der Waals surface area contributed by atoms with Crippen LogP contribution in [0.4, 0.5) is 0 Å². The van der Waals surface area contributed by atoms with Crippen LogP contribution >= 0.6 is 0 Å². The topological polar surface area (TPSA) is 59.0 Å². The van der Waals surface area contributed by atoms with Gasteiger partial charge in [-0.1, -0.05) is 26.8 Å². The third-order valence-electron chi connectivity index (χ3n) is 2.42. The van der Waals surface area contributed by atoms with Crippen LogP contribution in [0, 0.1) is 0 Å². The summed E-state index contributed by atoms with van der Waals surface area (Å²) in [6.07, 6.45) is 5.82. The molecule has 0 amide bonds. The molecule has 0 rings (SSSR count). The number of allylic oxidation sites excluding steroid dienone is 2. The van der Waals surface area contributed by atoms with E-state index in [-0.39, 0.29) is 24.9 Å². The van der Waals surface area contributed by atoms with Crippen LogP contribution in [0.1, 0.15) is 40.5 Å². The summed E-state index contributed by atoms with van der Waals surface area (Å²) in [6, 6.07) is 0. The van der Waals surface area contributed by atoms with Crippen molar-refractivity contribution in [1.29, 1.82) is 0 Å². The normalized spacial score (nSPS) is 11.3. The van der Waals surface area contributed by atoms with E-state index in [0.717, 1.165) is 25.1 Å². The van der Waals surface area contributed by atoms with Crippen LogP contribution < -0.4 is 0 Å². The molecule has 0 aromatic carbocycles. The molecule has 0 spiro atoms. The standard InChI is InChI=1S/C14H24N2O3.C2H6/c1-5-6-7-13(15-3)8-9-16(4)10-14(18)19-11-12(2)17;1-2/h6-7H,5,8-11H2,1-4H3;1-2H3/b7-6-,15-13?;. The van der Waals surface area contributed by atoms with Crippen molar-refractivity contribution in [2.24, 2.45) is 4.99 Å². The molecule has 0 aliphatic carbocycles. The number of carbonyl (C=O) groups is 2. The fourth-order valence-corrected chi connectivity index (χ4v) is 1.36. The van der Waals surface area contributed by atoms with E-state index in [0.29, 0.717) is 0 Å². The largest absolute Gasteiger partial charge is 0.457 e. The Morgan fingerprint density at radius 3 is 2.38 bits per heavy atom. The molecule has 0 N–H and O–H groups in total. The van der Waals surface area contributed by atoms with Gasteiger partial charge in [0.15, 0.2) is 5.78 Å². The fraction of sp³-hybridized carbons (Fsp3) is 0.688. The van der Waals surface area contributed by atoms with Crippen LogP contribution in [0.25, 0.3) is 0 Å². The summed E-state index contributed by atoms with van der Waals surface area (Å²) < 4.78 is 4.80. The molecule has 0 aliphatic heterocycles. The number of aliphatic imine (C=N–C) groups is 1. The minimum Gasteiger partial charge on any atom is -0.457 e. The molecule has 0 heterocycles. The third-order valence-corrected chi connectivity index (χ3v) is 2.42. The number of Topliss-reactive ketones (excluding diaryl/α,β-unsaturated/α-hetero) is 1. The van der Waals surface area contributed by atoms with Crippen molar-refractivity contribution in [3.63, 3.8) is 0 Å². The van der Waals surface area contributed by atoms with Crippen molar-refractivity contribution in [3.05, 3.63) is 12.2 Å². The minimum atomic E-state index is -0.378. The lowest BCUT2D eigenvalue weighted by molar-refractivity contribution is -0.148. The molecular weight excluding hydrogens is 268 g/mol. The Morgan fingerprint density at radius 2 is 1.90 bits per heavy atom. The Morgan fingerprint density at radius 1 is 1.29 bits per heavy atom. The molecule has 5 nitrogen and oxygen atoms in total. The van der Waals surface area contributed by atoms with Gasteiger partial charge in [0.25, 0.3) is 0 Å². The van der Waals surface area contributed by atoms with E-state index in [4.69, 9.17) is 4.74 Å². The molecule has 0 aromatic rings. The molecule has 0 saturated carbocycles. The number of nitrogens with zero attached hydrogens (tertiary/aromatic N) is 2. The lowest BCUT2D eigenvalue weighted by Gasteiger charge is -2.15. The summed E-state index contributed by atoms with van der Waals surface area (Å²) in [7, 11) is 3.60. The zero-order valence-corrected chi connectivity index (χ0v) is 14.3. The van der Waals surface area contributed by atoms with E-state index in [1.807, 2.05) is 31.9 Å². The molecule has 0 aromatic heterocycles. The molecule has 0 saturated heterocycles. The van der Waals surface area contributed by atoms with Crippen LogP contribution in [0.15, 0.2) is 17.1 Å². The molecule has 0 aliphatic rings. The lowest BCUT2D eigenvalue weighted by atomic mass is 10.2.